The molecule has 0 amide bonds. The normalized spacial score (nSPS) is 12.2. The van der Waals surface area contributed by atoms with E-state index in [1.54, 1.807) is 6.07 Å². The van der Waals surface area contributed by atoms with E-state index < -0.39 is 0 Å². The van der Waals surface area contributed by atoms with Gasteiger partial charge in [0.25, 0.3) is 0 Å². The van der Waals surface area contributed by atoms with Crippen LogP contribution < -0.4 is 11.1 Å². The van der Waals surface area contributed by atoms with Gasteiger partial charge < -0.3 is 11.1 Å². The van der Waals surface area contributed by atoms with Crippen molar-refractivity contribution in [3.05, 3.63) is 57.4 Å². The molecular weight excluding hydrogens is 354 g/mol. The number of nitrogen functional groups attached to an aromatic ring is 1. The molecule has 0 aliphatic rings. The number of halogens is 2. The van der Waals surface area contributed by atoms with Crippen molar-refractivity contribution in [2.45, 2.75) is 12.8 Å². The molecule has 0 spiro atoms. The first-order chi connectivity index (χ1) is 9.08. The van der Waals surface area contributed by atoms with Gasteiger partial charge in [0.1, 0.15) is 5.82 Å². The molecule has 0 radical (unpaired) electrons. The third-order valence-electron chi connectivity index (χ3n) is 3.06. The minimum absolute atomic E-state index is 0.246. The molecule has 0 fully saturated rings. The quantitative estimate of drug-likeness (QED) is 0.625. The maximum atomic E-state index is 13.5. The van der Waals surface area contributed by atoms with E-state index in [9.17, 15) is 4.39 Å². The smallest absolute Gasteiger partial charge is 0.138 e. The van der Waals surface area contributed by atoms with Crippen molar-refractivity contribution >= 4 is 34.0 Å². The van der Waals surface area contributed by atoms with E-state index >= 15 is 0 Å². The van der Waals surface area contributed by atoms with Gasteiger partial charge in [0.05, 0.1) is 14.9 Å². The molecule has 100 valence electrons. The first-order valence-corrected chi connectivity index (χ1v) is 7.19. The molecule has 2 rings (SSSR count). The number of nitrogens with one attached hydrogen (secondary N) is 1. The second kappa shape index (κ2) is 6.23. The maximum Gasteiger partial charge on any atom is 0.138 e. The van der Waals surface area contributed by atoms with Gasteiger partial charge in [0, 0.05) is 12.6 Å². The minimum atomic E-state index is -0.246. The van der Waals surface area contributed by atoms with Gasteiger partial charge in [0.2, 0.25) is 0 Å². The lowest BCUT2D eigenvalue weighted by Crippen LogP contribution is -2.11. The van der Waals surface area contributed by atoms with Crippen LogP contribution in [-0.4, -0.2) is 6.54 Å². The van der Waals surface area contributed by atoms with Gasteiger partial charge in [-0.2, -0.15) is 0 Å². The van der Waals surface area contributed by atoms with Crippen LogP contribution in [-0.2, 0) is 0 Å². The summed E-state index contributed by atoms with van der Waals surface area (Å²) in [5, 5.41) is 3.21. The highest BCUT2D eigenvalue weighted by molar-refractivity contribution is 14.1. The summed E-state index contributed by atoms with van der Waals surface area (Å²) in [7, 11) is 0. The molecule has 2 nitrogen and oxygen atoms in total. The zero-order chi connectivity index (χ0) is 13.8. The maximum absolute atomic E-state index is 13.5. The topological polar surface area (TPSA) is 38.0 Å². The van der Waals surface area contributed by atoms with Gasteiger partial charge >= 0.3 is 0 Å². The molecule has 0 aliphatic heterocycles. The third-order valence-corrected chi connectivity index (χ3v) is 3.89. The summed E-state index contributed by atoms with van der Waals surface area (Å²) in [5.74, 6) is 0.0904. The van der Waals surface area contributed by atoms with Gasteiger partial charge in [-0.15, -0.1) is 0 Å². The van der Waals surface area contributed by atoms with Crippen LogP contribution in [0.4, 0.5) is 15.8 Å². The van der Waals surface area contributed by atoms with Gasteiger partial charge in [0.15, 0.2) is 0 Å². The lowest BCUT2D eigenvalue weighted by atomic mass is 10.0. The molecule has 1 unspecified atom stereocenters. The van der Waals surface area contributed by atoms with Crippen LogP contribution in [0.3, 0.4) is 0 Å². The Bertz CT molecular complexity index is 558. The third kappa shape index (κ3) is 3.59. The van der Waals surface area contributed by atoms with Gasteiger partial charge in [-0.3, -0.25) is 0 Å². The predicted octanol–water partition coefficient (Wildman–Crippen LogP) is 4.23. The highest BCUT2D eigenvalue weighted by atomic mass is 127. The number of rotatable bonds is 4. The van der Waals surface area contributed by atoms with E-state index in [-0.39, 0.29) is 5.82 Å². The van der Waals surface area contributed by atoms with E-state index in [0.717, 1.165) is 0 Å². The van der Waals surface area contributed by atoms with Crippen molar-refractivity contribution in [2.75, 3.05) is 17.6 Å². The van der Waals surface area contributed by atoms with E-state index in [4.69, 9.17) is 5.73 Å². The standard InChI is InChI=1S/C15H16FIN2/c1-10(11-5-3-2-4-6-11)9-19-15-7-12(16)13(17)8-14(15)18/h2-8,10,19H,9,18H2,1H3. The Labute approximate surface area is 126 Å². The molecule has 19 heavy (non-hydrogen) atoms. The minimum Gasteiger partial charge on any atom is -0.397 e. The van der Waals surface area contributed by atoms with Crippen molar-refractivity contribution in [1.29, 1.82) is 0 Å². The van der Waals surface area contributed by atoms with E-state index in [0.29, 0.717) is 27.4 Å². The fraction of sp³-hybridized carbons (Fsp3) is 0.200. The van der Waals surface area contributed by atoms with Crippen molar-refractivity contribution in [2.24, 2.45) is 0 Å². The van der Waals surface area contributed by atoms with E-state index in [1.165, 1.54) is 11.6 Å². The van der Waals surface area contributed by atoms with Crippen LogP contribution in [0.1, 0.15) is 18.4 Å². The summed E-state index contributed by atoms with van der Waals surface area (Å²) < 4.78 is 14.0. The van der Waals surface area contributed by atoms with Crippen LogP contribution in [0.5, 0.6) is 0 Å². The van der Waals surface area contributed by atoms with E-state index in [1.807, 2.05) is 40.8 Å². The van der Waals surface area contributed by atoms with Crippen molar-refractivity contribution in [3.63, 3.8) is 0 Å². The van der Waals surface area contributed by atoms with Crippen molar-refractivity contribution in [1.82, 2.24) is 0 Å². The SMILES string of the molecule is CC(CNc1cc(F)c(I)cc1N)c1ccccc1. The number of hydrogen-bond acceptors (Lipinski definition) is 2. The predicted molar refractivity (Wildman–Crippen MR) is 86.9 cm³/mol. The highest BCUT2D eigenvalue weighted by Gasteiger charge is 2.08. The van der Waals surface area contributed by atoms with Crippen LogP contribution in [0.25, 0.3) is 0 Å². The molecule has 0 saturated carbocycles. The first kappa shape index (κ1) is 14.1. The molecule has 0 heterocycles. The Morgan fingerprint density at radius 1 is 1.26 bits per heavy atom. The molecule has 4 heteroatoms. The zero-order valence-electron chi connectivity index (χ0n) is 10.7. The zero-order valence-corrected chi connectivity index (χ0v) is 12.8. The number of benzene rings is 2. The lowest BCUT2D eigenvalue weighted by molar-refractivity contribution is 0.621. The summed E-state index contributed by atoms with van der Waals surface area (Å²) in [5.41, 5.74) is 8.36. The number of nitrogens with two attached hydrogens (primary N) is 1. The average Bonchev–Trinajstić information content (AvgIpc) is 2.42. The fourth-order valence-corrected chi connectivity index (χ4v) is 2.37. The highest BCUT2D eigenvalue weighted by Crippen LogP contribution is 2.25. The number of anilines is 2. The van der Waals surface area contributed by atoms with Crippen molar-refractivity contribution < 1.29 is 4.39 Å². The second-order valence-electron chi connectivity index (χ2n) is 4.55. The summed E-state index contributed by atoms with van der Waals surface area (Å²) in [6.45, 7) is 2.84. The molecule has 1 atom stereocenters. The van der Waals surface area contributed by atoms with Gasteiger partial charge in [-0.25, -0.2) is 4.39 Å². The summed E-state index contributed by atoms with van der Waals surface area (Å²) in [6.07, 6.45) is 0. The first-order valence-electron chi connectivity index (χ1n) is 6.11. The Morgan fingerprint density at radius 2 is 1.95 bits per heavy atom. The van der Waals surface area contributed by atoms with Crippen LogP contribution >= 0.6 is 22.6 Å². The van der Waals surface area contributed by atoms with Crippen LogP contribution in [0, 0.1) is 9.39 Å². The molecule has 0 saturated heterocycles. The molecule has 2 aromatic carbocycles. The molecule has 0 bridgehead atoms. The summed E-state index contributed by atoms with van der Waals surface area (Å²) in [4.78, 5) is 0. The van der Waals surface area contributed by atoms with Crippen molar-refractivity contribution in [3.8, 4) is 0 Å². The van der Waals surface area contributed by atoms with E-state index in [2.05, 4.69) is 24.4 Å². The van der Waals surface area contributed by atoms with Crippen LogP contribution in [0.15, 0.2) is 42.5 Å². The monoisotopic (exact) mass is 370 g/mol. The lowest BCUT2D eigenvalue weighted by Gasteiger charge is -2.15. The molecule has 3 N–H and O–H groups in total. The second-order valence-corrected chi connectivity index (χ2v) is 5.71. The summed E-state index contributed by atoms with van der Waals surface area (Å²) in [6, 6.07) is 13.3. The molecular formula is C15H16FIN2. The van der Waals surface area contributed by atoms with Gasteiger partial charge in [-0.05, 0) is 40.1 Å². The Balaban J connectivity index is 2.05. The fourth-order valence-electron chi connectivity index (χ4n) is 1.88. The van der Waals surface area contributed by atoms with Crippen LogP contribution in [0.2, 0.25) is 0 Å². The molecule has 2 aromatic rings. The molecule has 0 aromatic heterocycles. The Kier molecular flexibility index (Phi) is 4.63. The molecule has 0 aliphatic carbocycles. The Hall–Kier alpha value is -1.30. The average molecular weight is 370 g/mol. The number of hydrogen-bond donors (Lipinski definition) is 2. The Morgan fingerprint density at radius 3 is 2.63 bits per heavy atom. The van der Waals surface area contributed by atoms with Gasteiger partial charge in [-0.1, -0.05) is 37.3 Å². The largest absolute Gasteiger partial charge is 0.397 e. The summed E-state index contributed by atoms with van der Waals surface area (Å²) >= 11 is 1.93.